The number of nitrogens with zero attached hydrogens (tertiary/aromatic N) is 1. The molecule has 1 heterocycles. The van der Waals surface area contributed by atoms with Gasteiger partial charge in [0.1, 0.15) is 0 Å². The van der Waals surface area contributed by atoms with Crippen molar-refractivity contribution in [2.24, 2.45) is 0 Å². The number of benzene rings is 1. The molecular formula is C15H19N3O2S. The van der Waals surface area contributed by atoms with E-state index in [0.29, 0.717) is 12.2 Å². The van der Waals surface area contributed by atoms with E-state index in [4.69, 9.17) is 0 Å². The molecule has 21 heavy (non-hydrogen) atoms. The first-order valence-electron chi connectivity index (χ1n) is 6.75. The van der Waals surface area contributed by atoms with Crippen LogP contribution in [0.1, 0.15) is 18.1 Å². The second-order valence-electron chi connectivity index (χ2n) is 4.78. The number of aromatic nitrogens is 1. The van der Waals surface area contributed by atoms with Crippen LogP contribution in [-0.2, 0) is 16.6 Å². The maximum absolute atomic E-state index is 12.4. The summed E-state index contributed by atoms with van der Waals surface area (Å²) in [5, 5.41) is 3.18. The summed E-state index contributed by atoms with van der Waals surface area (Å²) in [5.41, 5.74) is 2.30. The van der Waals surface area contributed by atoms with Gasteiger partial charge in [0.15, 0.2) is 0 Å². The number of hydrogen-bond acceptors (Lipinski definition) is 4. The number of hydrogen-bond donors (Lipinski definition) is 2. The number of sulfonamides is 1. The minimum Gasteiger partial charge on any atom is -0.313 e. The van der Waals surface area contributed by atoms with Gasteiger partial charge in [-0.25, -0.2) is 8.42 Å². The van der Waals surface area contributed by atoms with Gasteiger partial charge in [-0.05, 0) is 42.8 Å². The molecule has 0 atom stereocenters. The van der Waals surface area contributed by atoms with E-state index in [1.165, 1.54) is 6.20 Å². The van der Waals surface area contributed by atoms with Gasteiger partial charge in [-0.3, -0.25) is 9.71 Å². The molecule has 0 saturated heterocycles. The molecule has 0 aliphatic heterocycles. The SMILES string of the molecule is CCNCc1cccc(S(=O)(=O)Nc2cncc(C)c2)c1. The summed E-state index contributed by atoms with van der Waals surface area (Å²) in [5.74, 6) is 0. The van der Waals surface area contributed by atoms with Crippen molar-refractivity contribution in [3.8, 4) is 0 Å². The van der Waals surface area contributed by atoms with Crippen molar-refractivity contribution in [1.82, 2.24) is 10.3 Å². The number of anilines is 1. The van der Waals surface area contributed by atoms with Crippen LogP contribution in [0.3, 0.4) is 0 Å². The monoisotopic (exact) mass is 305 g/mol. The lowest BCUT2D eigenvalue weighted by Crippen LogP contribution is -2.15. The fourth-order valence-electron chi connectivity index (χ4n) is 1.92. The molecule has 2 rings (SSSR count). The van der Waals surface area contributed by atoms with Crippen LogP contribution in [0.5, 0.6) is 0 Å². The van der Waals surface area contributed by atoms with E-state index in [1.54, 1.807) is 30.5 Å². The van der Waals surface area contributed by atoms with Crippen LogP contribution in [0, 0.1) is 6.92 Å². The van der Waals surface area contributed by atoms with Crippen molar-refractivity contribution in [1.29, 1.82) is 0 Å². The quantitative estimate of drug-likeness (QED) is 0.859. The molecule has 1 aromatic heterocycles. The summed E-state index contributed by atoms with van der Waals surface area (Å²) in [6.07, 6.45) is 3.17. The summed E-state index contributed by atoms with van der Waals surface area (Å²) < 4.78 is 27.3. The van der Waals surface area contributed by atoms with E-state index in [-0.39, 0.29) is 4.90 Å². The topological polar surface area (TPSA) is 71.1 Å². The van der Waals surface area contributed by atoms with Crippen LogP contribution in [0.2, 0.25) is 0 Å². The average molecular weight is 305 g/mol. The van der Waals surface area contributed by atoms with Gasteiger partial charge in [0.25, 0.3) is 10.0 Å². The van der Waals surface area contributed by atoms with E-state index in [1.807, 2.05) is 19.9 Å². The summed E-state index contributed by atoms with van der Waals surface area (Å²) in [6.45, 7) is 5.35. The molecule has 1 aromatic carbocycles. The smallest absolute Gasteiger partial charge is 0.261 e. The van der Waals surface area contributed by atoms with Crippen molar-refractivity contribution in [3.63, 3.8) is 0 Å². The van der Waals surface area contributed by atoms with Gasteiger partial charge >= 0.3 is 0 Å². The second kappa shape index (κ2) is 6.69. The van der Waals surface area contributed by atoms with Gasteiger partial charge in [0.05, 0.1) is 16.8 Å². The highest BCUT2D eigenvalue weighted by molar-refractivity contribution is 7.92. The molecule has 0 unspecified atom stereocenters. The minimum atomic E-state index is -3.60. The molecular weight excluding hydrogens is 286 g/mol. The molecule has 0 amide bonds. The Morgan fingerprint density at radius 2 is 2.00 bits per heavy atom. The molecule has 2 N–H and O–H groups in total. The van der Waals surface area contributed by atoms with Gasteiger partial charge in [0.2, 0.25) is 0 Å². The standard InChI is InChI=1S/C15H19N3O2S/c1-3-16-10-13-5-4-6-15(8-13)21(19,20)18-14-7-12(2)9-17-11-14/h4-9,11,16,18H,3,10H2,1-2H3. The largest absolute Gasteiger partial charge is 0.313 e. The van der Waals surface area contributed by atoms with Crippen LogP contribution >= 0.6 is 0 Å². The Bertz CT molecular complexity index is 714. The Morgan fingerprint density at radius 3 is 2.71 bits per heavy atom. The maximum Gasteiger partial charge on any atom is 0.261 e. The van der Waals surface area contributed by atoms with E-state index >= 15 is 0 Å². The van der Waals surface area contributed by atoms with Crippen molar-refractivity contribution in [2.75, 3.05) is 11.3 Å². The van der Waals surface area contributed by atoms with Crippen LogP contribution in [0.25, 0.3) is 0 Å². The predicted molar refractivity (Wildman–Crippen MR) is 83.6 cm³/mol. The maximum atomic E-state index is 12.4. The number of aryl methyl sites for hydroxylation is 1. The molecule has 112 valence electrons. The molecule has 0 aliphatic carbocycles. The lowest BCUT2D eigenvalue weighted by molar-refractivity contribution is 0.601. The fourth-order valence-corrected chi connectivity index (χ4v) is 3.02. The fraction of sp³-hybridized carbons (Fsp3) is 0.267. The third-order valence-electron chi connectivity index (χ3n) is 2.92. The third kappa shape index (κ3) is 4.27. The van der Waals surface area contributed by atoms with Crippen LogP contribution in [0.15, 0.2) is 47.6 Å². The van der Waals surface area contributed by atoms with Crippen molar-refractivity contribution < 1.29 is 8.42 Å². The zero-order valence-corrected chi connectivity index (χ0v) is 12.9. The Balaban J connectivity index is 2.23. The second-order valence-corrected chi connectivity index (χ2v) is 6.47. The van der Waals surface area contributed by atoms with Crippen molar-refractivity contribution >= 4 is 15.7 Å². The van der Waals surface area contributed by atoms with Crippen LogP contribution in [0.4, 0.5) is 5.69 Å². The lowest BCUT2D eigenvalue weighted by atomic mass is 10.2. The van der Waals surface area contributed by atoms with Gasteiger partial charge in [-0.2, -0.15) is 0 Å². The number of nitrogens with one attached hydrogen (secondary N) is 2. The third-order valence-corrected chi connectivity index (χ3v) is 4.29. The van der Waals surface area contributed by atoms with E-state index in [9.17, 15) is 8.42 Å². The number of pyridine rings is 1. The summed E-state index contributed by atoms with van der Waals surface area (Å²) in [7, 11) is -3.60. The Morgan fingerprint density at radius 1 is 1.19 bits per heavy atom. The summed E-state index contributed by atoms with van der Waals surface area (Å²) >= 11 is 0. The summed E-state index contributed by atoms with van der Waals surface area (Å²) in [6, 6.07) is 8.65. The molecule has 0 aliphatic rings. The highest BCUT2D eigenvalue weighted by Crippen LogP contribution is 2.17. The van der Waals surface area contributed by atoms with Crippen molar-refractivity contribution in [2.45, 2.75) is 25.3 Å². The first kappa shape index (κ1) is 15.5. The first-order chi connectivity index (χ1) is 10.0. The van der Waals surface area contributed by atoms with Crippen molar-refractivity contribution in [3.05, 3.63) is 53.9 Å². The van der Waals surface area contributed by atoms with Gasteiger partial charge in [0, 0.05) is 12.7 Å². The van der Waals surface area contributed by atoms with Gasteiger partial charge < -0.3 is 5.32 Å². The molecule has 6 heteroatoms. The van der Waals surface area contributed by atoms with E-state index in [2.05, 4.69) is 15.0 Å². The highest BCUT2D eigenvalue weighted by atomic mass is 32.2. The molecule has 0 bridgehead atoms. The summed E-state index contributed by atoms with van der Waals surface area (Å²) in [4.78, 5) is 4.23. The first-order valence-corrected chi connectivity index (χ1v) is 8.23. The molecule has 0 radical (unpaired) electrons. The minimum absolute atomic E-state index is 0.249. The van der Waals surface area contributed by atoms with Crippen LogP contribution in [-0.4, -0.2) is 19.9 Å². The van der Waals surface area contributed by atoms with Gasteiger partial charge in [-0.15, -0.1) is 0 Å². The van der Waals surface area contributed by atoms with Crippen LogP contribution < -0.4 is 10.0 Å². The normalized spacial score (nSPS) is 11.3. The number of rotatable bonds is 6. The highest BCUT2D eigenvalue weighted by Gasteiger charge is 2.14. The zero-order chi connectivity index (χ0) is 15.3. The van der Waals surface area contributed by atoms with E-state index < -0.39 is 10.0 Å². The predicted octanol–water partition coefficient (Wildman–Crippen LogP) is 2.30. The average Bonchev–Trinajstić information content (AvgIpc) is 2.45. The Labute approximate surface area is 125 Å². The molecule has 0 fully saturated rings. The van der Waals surface area contributed by atoms with E-state index in [0.717, 1.165) is 17.7 Å². The zero-order valence-electron chi connectivity index (χ0n) is 12.1. The Hall–Kier alpha value is -1.92. The van der Waals surface area contributed by atoms with Gasteiger partial charge in [-0.1, -0.05) is 19.1 Å². The molecule has 0 spiro atoms. The molecule has 0 saturated carbocycles. The Kier molecular flexibility index (Phi) is 4.93. The molecule has 5 nitrogen and oxygen atoms in total. The molecule has 2 aromatic rings. The lowest BCUT2D eigenvalue weighted by Gasteiger charge is -2.10.